The van der Waals surface area contributed by atoms with Gasteiger partial charge in [0.2, 0.25) is 5.91 Å². The van der Waals surface area contributed by atoms with Gasteiger partial charge in [0.05, 0.1) is 20.8 Å². The monoisotopic (exact) mass is 296 g/mol. The van der Waals surface area contributed by atoms with Crippen molar-refractivity contribution in [3.63, 3.8) is 0 Å². The minimum absolute atomic E-state index is 0.137. The molecule has 1 rings (SSSR count). The second-order valence-electron chi connectivity index (χ2n) is 4.05. The largest absolute Gasteiger partial charge is 0.497 e. The van der Waals surface area contributed by atoms with E-state index in [-0.39, 0.29) is 18.9 Å². The van der Waals surface area contributed by atoms with E-state index in [0.29, 0.717) is 23.8 Å². The Bertz CT molecular complexity index is 468. The van der Waals surface area contributed by atoms with Gasteiger partial charge in [0.1, 0.15) is 11.5 Å². The zero-order chi connectivity index (χ0) is 15.7. The summed E-state index contributed by atoms with van der Waals surface area (Å²) in [7, 11) is 3.06. The van der Waals surface area contributed by atoms with E-state index in [4.69, 9.17) is 9.47 Å². The molecule has 0 bridgehead atoms. The van der Waals surface area contributed by atoms with Gasteiger partial charge in [-0.05, 0) is 6.92 Å². The molecule has 7 heteroatoms. The molecule has 116 valence electrons. The second-order valence-corrected chi connectivity index (χ2v) is 4.05. The first kappa shape index (κ1) is 16.6. The molecule has 0 saturated heterocycles. The van der Waals surface area contributed by atoms with Crippen molar-refractivity contribution in [3.05, 3.63) is 18.2 Å². The van der Waals surface area contributed by atoms with Gasteiger partial charge in [-0.15, -0.1) is 0 Å². The second kappa shape index (κ2) is 8.68. The molecular formula is C14H20N2O5. The first-order chi connectivity index (χ1) is 10.1. The van der Waals surface area contributed by atoms with E-state index in [2.05, 4.69) is 15.4 Å². The molecule has 1 aromatic rings. The topological polar surface area (TPSA) is 85.9 Å². The van der Waals surface area contributed by atoms with Crippen LogP contribution in [0.15, 0.2) is 18.2 Å². The molecule has 7 nitrogen and oxygen atoms in total. The van der Waals surface area contributed by atoms with Crippen LogP contribution in [0.5, 0.6) is 11.5 Å². The van der Waals surface area contributed by atoms with E-state index < -0.39 is 6.09 Å². The first-order valence-electron chi connectivity index (χ1n) is 6.52. The van der Waals surface area contributed by atoms with Crippen molar-refractivity contribution in [2.75, 3.05) is 32.7 Å². The fourth-order valence-corrected chi connectivity index (χ4v) is 1.56. The SMILES string of the molecule is CCOC(=O)NCCC(=O)Nc1cc(OC)cc(OC)c1. The summed E-state index contributed by atoms with van der Waals surface area (Å²) < 4.78 is 14.9. The number of hydrogen-bond acceptors (Lipinski definition) is 5. The summed E-state index contributed by atoms with van der Waals surface area (Å²) in [4.78, 5) is 22.8. The highest BCUT2D eigenvalue weighted by Crippen LogP contribution is 2.25. The molecular weight excluding hydrogens is 276 g/mol. The zero-order valence-electron chi connectivity index (χ0n) is 12.4. The van der Waals surface area contributed by atoms with Gasteiger partial charge in [0.25, 0.3) is 0 Å². The Morgan fingerprint density at radius 2 is 1.71 bits per heavy atom. The van der Waals surface area contributed by atoms with Crippen LogP contribution in [-0.4, -0.2) is 39.4 Å². The number of carbonyl (C=O) groups is 2. The summed E-state index contributed by atoms with van der Waals surface area (Å²) in [6.07, 6.45) is -0.397. The molecule has 0 aliphatic heterocycles. The molecule has 0 unspecified atom stereocenters. The van der Waals surface area contributed by atoms with Gasteiger partial charge in [-0.25, -0.2) is 4.79 Å². The van der Waals surface area contributed by atoms with Crippen molar-refractivity contribution >= 4 is 17.7 Å². The number of ether oxygens (including phenoxy) is 3. The van der Waals surface area contributed by atoms with Crippen LogP contribution in [0.3, 0.4) is 0 Å². The van der Waals surface area contributed by atoms with Crippen LogP contribution < -0.4 is 20.1 Å². The van der Waals surface area contributed by atoms with Crippen molar-refractivity contribution in [1.29, 1.82) is 0 Å². The number of anilines is 1. The summed E-state index contributed by atoms with van der Waals surface area (Å²) in [6, 6.07) is 5.07. The molecule has 0 radical (unpaired) electrons. The molecule has 0 saturated carbocycles. The predicted molar refractivity (Wildman–Crippen MR) is 77.8 cm³/mol. The van der Waals surface area contributed by atoms with Gasteiger partial charge < -0.3 is 24.8 Å². The van der Waals surface area contributed by atoms with Crippen molar-refractivity contribution in [2.45, 2.75) is 13.3 Å². The Kier molecular flexibility index (Phi) is 6.86. The summed E-state index contributed by atoms with van der Waals surface area (Å²) in [5, 5.41) is 5.18. The molecule has 0 fully saturated rings. The Balaban J connectivity index is 2.49. The third-order valence-electron chi connectivity index (χ3n) is 2.53. The summed E-state index contributed by atoms with van der Waals surface area (Å²) in [6.45, 7) is 2.20. The molecule has 0 aromatic heterocycles. The number of amides is 2. The Labute approximate surface area is 123 Å². The average molecular weight is 296 g/mol. The lowest BCUT2D eigenvalue weighted by Crippen LogP contribution is -2.28. The molecule has 0 heterocycles. The Morgan fingerprint density at radius 1 is 1.10 bits per heavy atom. The maximum Gasteiger partial charge on any atom is 0.407 e. The molecule has 21 heavy (non-hydrogen) atoms. The van der Waals surface area contributed by atoms with Gasteiger partial charge in [0.15, 0.2) is 0 Å². The van der Waals surface area contributed by atoms with E-state index in [1.807, 2.05) is 0 Å². The van der Waals surface area contributed by atoms with Gasteiger partial charge in [0, 0.05) is 36.9 Å². The minimum atomic E-state index is -0.534. The Morgan fingerprint density at radius 3 is 2.24 bits per heavy atom. The smallest absolute Gasteiger partial charge is 0.407 e. The van der Waals surface area contributed by atoms with Crippen molar-refractivity contribution < 1.29 is 23.8 Å². The number of carbonyl (C=O) groups excluding carboxylic acids is 2. The van der Waals surface area contributed by atoms with Crippen molar-refractivity contribution in [2.24, 2.45) is 0 Å². The van der Waals surface area contributed by atoms with E-state index in [9.17, 15) is 9.59 Å². The fraction of sp³-hybridized carbons (Fsp3) is 0.429. The zero-order valence-corrected chi connectivity index (χ0v) is 12.4. The maximum absolute atomic E-state index is 11.8. The fourth-order valence-electron chi connectivity index (χ4n) is 1.56. The highest BCUT2D eigenvalue weighted by molar-refractivity contribution is 5.91. The van der Waals surface area contributed by atoms with Crippen LogP contribution in [0.1, 0.15) is 13.3 Å². The molecule has 0 atom stereocenters. The molecule has 1 aromatic carbocycles. The number of methoxy groups -OCH3 is 2. The number of nitrogens with one attached hydrogen (secondary N) is 2. The van der Waals surface area contributed by atoms with Crippen LogP contribution in [-0.2, 0) is 9.53 Å². The van der Waals surface area contributed by atoms with Gasteiger partial charge in [-0.2, -0.15) is 0 Å². The third-order valence-corrected chi connectivity index (χ3v) is 2.53. The quantitative estimate of drug-likeness (QED) is 0.801. The summed E-state index contributed by atoms with van der Waals surface area (Å²) >= 11 is 0. The molecule has 0 aliphatic rings. The highest BCUT2D eigenvalue weighted by Gasteiger charge is 2.07. The highest BCUT2D eigenvalue weighted by atomic mass is 16.5. The van der Waals surface area contributed by atoms with Gasteiger partial charge in [-0.1, -0.05) is 0 Å². The number of hydrogen-bond donors (Lipinski definition) is 2. The lowest BCUT2D eigenvalue weighted by molar-refractivity contribution is -0.116. The van der Waals surface area contributed by atoms with E-state index in [0.717, 1.165) is 0 Å². The number of benzene rings is 1. The van der Waals surface area contributed by atoms with Crippen molar-refractivity contribution in [3.8, 4) is 11.5 Å². The van der Waals surface area contributed by atoms with E-state index >= 15 is 0 Å². The summed E-state index contributed by atoms with van der Waals surface area (Å²) in [5.41, 5.74) is 0.562. The maximum atomic E-state index is 11.8. The van der Waals surface area contributed by atoms with E-state index in [1.165, 1.54) is 14.2 Å². The minimum Gasteiger partial charge on any atom is -0.497 e. The first-order valence-corrected chi connectivity index (χ1v) is 6.52. The van der Waals surface area contributed by atoms with Gasteiger partial charge >= 0.3 is 6.09 Å². The van der Waals surface area contributed by atoms with Crippen LogP contribution in [0.25, 0.3) is 0 Å². The Hall–Kier alpha value is -2.44. The van der Waals surface area contributed by atoms with Crippen LogP contribution in [0.2, 0.25) is 0 Å². The molecule has 0 aliphatic carbocycles. The third kappa shape index (κ3) is 6.03. The molecule has 2 N–H and O–H groups in total. The number of rotatable bonds is 7. The molecule has 2 amide bonds. The van der Waals surface area contributed by atoms with Crippen LogP contribution >= 0.6 is 0 Å². The summed E-state index contributed by atoms with van der Waals surface area (Å²) in [5.74, 6) is 0.922. The predicted octanol–water partition coefficient (Wildman–Crippen LogP) is 1.78. The standard InChI is InChI=1S/C14H20N2O5/c1-4-21-14(18)15-6-5-13(17)16-10-7-11(19-2)9-12(8-10)20-3/h7-9H,4-6H2,1-3H3,(H,15,18)(H,16,17). The number of alkyl carbamates (subject to hydrolysis) is 1. The molecule has 0 spiro atoms. The van der Waals surface area contributed by atoms with E-state index in [1.54, 1.807) is 25.1 Å². The lowest BCUT2D eigenvalue weighted by atomic mass is 10.2. The average Bonchev–Trinajstić information content (AvgIpc) is 2.47. The normalized spacial score (nSPS) is 9.67. The van der Waals surface area contributed by atoms with Crippen molar-refractivity contribution in [1.82, 2.24) is 5.32 Å². The van der Waals surface area contributed by atoms with Crippen LogP contribution in [0, 0.1) is 0 Å². The van der Waals surface area contributed by atoms with Crippen LogP contribution in [0.4, 0.5) is 10.5 Å². The van der Waals surface area contributed by atoms with Gasteiger partial charge in [-0.3, -0.25) is 4.79 Å². The lowest BCUT2D eigenvalue weighted by Gasteiger charge is -2.10.